The zero-order valence-corrected chi connectivity index (χ0v) is 12.1. The zero-order chi connectivity index (χ0) is 14.7. The van der Waals surface area contributed by atoms with Gasteiger partial charge in [0.25, 0.3) is 11.1 Å². The van der Waals surface area contributed by atoms with Crippen LogP contribution in [-0.4, -0.2) is 16.1 Å². The van der Waals surface area contributed by atoms with Crippen LogP contribution in [0.3, 0.4) is 0 Å². The molecule has 0 aliphatic heterocycles. The van der Waals surface area contributed by atoms with Crippen LogP contribution in [0.4, 0.5) is 5.82 Å². The maximum absolute atomic E-state index is 12.1. The van der Waals surface area contributed by atoms with E-state index in [1.54, 1.807) is 6.07 Å². The van der Waals surface area contributed by atoms with Gasteiger partial charge in [0.05, 0.1) is 16.1 Å². The lowest BCUT2D eigenvalue weighted by atomic mass is 10.2. The van der Waals surface area contributed by atoms with Crippen molar-refractivity contribution >= 4 is 51.8 Å². The monoisotopic (exact) mass is 328 g/mol. The lowest BCUT2D eigenvalue weighted by molar-refractivity contribution is 0.102. The molecule has 0 aliphatic rings. The smallest absolute Gasteiger partial charge is 0.258 e. The van der Waals surface area contributed by atoms with Crippen LogP contribution in [-0.2, 0) is 0 Å². The molecule has 4 nitrogen and oxygen atoms in total. The van der Waals surface area contributed by atoms with E-state index in [9.17, 15) is 9.59 Å². The molecule has 2 rings (SSSR count). The van der Waals surface area contributed by atoms with Crippen LogP contribution < -0.4 is 5.32 Å². The van der Waals surface area contributed by atoms with E-state index in [4.69, 9.17) is 34.8 Å². The van der Waals surface area contributed by atoms with Gasteiger partial charge in [0.2, 0.25) is 0 Å². The first-order chi connectivity index (χ1) is 9.49. The van der Waals surface area contributed by atoms with Crippen LogP contribution in [0.15, 0.2) is 36.5 Å². The van der Waals surface area contributed by atoms with Gasteiger partial charge >= 0.3 is 0 Å². The molecule has 102 valence electrons. The van der Waals surface area contributed by atoms with Crippen molar-refractivity contribution in [1.82, 2.24) is 4.98 Å². The van der Waals surface area contributed by atoms with Gasteiger partial charge in [0, 0.05) is 11.2 Å². The van der Waals surface area contributed by atoms with Gasteiger partial charge in [0.15, 0.2) is 0 Å². The van der Waals surface area contributed by atoms with Gasteiger partial charge in [-0.2, -0.15) is 0 Å². The van der Waals surface area contributed by atoms with Gasteiger partial charge in [-0.05, 0) is 41.9 Å². The Morgan fingerprint density at radius 3 is 2.50 bits per heavy atom. The summed E-state index contributed by atoms with van der Waals surface area (Å²) in [6, 6.07) is 7.46. The van der Waals surface area contributed by atoms with Crippen LogP contribution in [0.5, 0.6) is 0 Å². The van der Waals surface area contributed by atoms with Crippen molar-refractivity contribution < 1.29 is 9.59 Å². The van der Waals surface area contributed by atoms with Gasteiger partial charge in [-0.3, -0.25) is 9.59 Å². The van der Waals surface area contributed by atoms with Gasteiger partial charge in [0.1, 0.15) is 5.82 Å². The molecule has 1 aromatic heterocycles. The fourth-order valence-electron chi connectivity index (χ4n) is 1.51. The number of pyridine rings is 1. The Kier molecular flexibility index (Phi) is 4.60. The van der Waals surface area contributed by atoms with E-state index in [1.165, 1.54) is 30.5 Å². The van der Waals surface area contributed by atoms with Crippen LogP contribution in [0, 0.1) is 0 Å². The molecule has 0 unspecified atom stereocenters. The number of rotatable bonds is 3. The predicted octanol–water partition coefficient (Wildman–Crippen LogP) is 4.02. The summed E-state index contributed by atoms with van der Waals surface area (Å²) in [5, 5.41) is 2.39. The maximum Gasteiger partial charge on any atom is 0.258 e. The first-order valence-corrected chi connectivity index (χ1v) is 6.53. The Morgan fingerprint density at radius 2 is 1.85 bits per heavy atom. The molecule has 0 spiro atoms. The number of aromatic nitrogens is 1. The Morgan fingerprint density at radius 1 is 1.10 bits per heavy atom. The highest BCUT2D eigenvalue weighted by atomic mass is 35.5. The first-order valence-electron chi connectivity index (χ1n) is 5.40. The summed E-state index contributed by atoms with van der Waals surface area (Å²) in [5.41, 5.74) is 0.322. The molecule has 7 heteroatoms. The molecule has 1 aromatic carbocycles. The van der Waals surface area contributed by atoms with Gasteiger partial charge in [-0.15, -0.1) is 0 Å². The van der Waals surface area contributed by atoms with Crippen molar-refractivity contribution in [3.8, 4) is 0 Å². The number of nitrogens with zero attached hydrogens (tertiary/aromatic N) is 1. The Bertz CT molecular complexity index is 689. The molecule has 20 heavy (non-hydrogen) atoms. The number of nitrogens with one attached hydrogen (secondary N) is 1. The molecule has 0 atom stereocenters. The topological polar surface area (TPSA) is 59.1 Å². The van der Waals surface area contributed by atoms with Crippen molar-refractivity contribution in [2.75, 3.05) is 5.32 Å². The third kappa shape index (κ3) is 3.28. The summed E-state index contributed by atoms with van der Waals surface area (Å²) >= 11 is 17.1. The molecular weight excluding hydrogens is 323 g/mol. The van der Waals surface area contributed by atoms with Gasteiger partial charge in [-0.1, -0.05) is 23.2 Å². The highest BCUT2D eigenvalue weighted by Crippen LogP contribution is 2.22. The molecule has 0 bridgehead atoms. The highest BCUT2D eigenvalue weighted by Gasteiger charge is 2.15. The normalized spacial score (nSPS) is 10.2. The second kappa shape index (κ2) is 6.22. The van der Waals surface area contributed by atoms with Gasteiger partial charge in [-0.25, -0.2) is 4.98 Å². The fourth-order valence-corrected chi connectivity index (χ4v) is 2.16. The standard InChI is InChI=1S/C13H7Cl3N2O2/c14-7-3-4-8(10(15)6-7)13(20)18-12-9(11(16)19)2-1-5-17-12/h1-6H,(H,17,18,20). The first kappa shape index (κ1) is 14.8. The van der Waals surface area contributed by atoms with E-state index >= 15 is 0 Å². The SMILES string of the molecule is O=C(Nc1ncccc1C(=O)Cl)c1ccc(Cl)cc1Cl. The quantitative estimate of drug-likeness (QED) is 0.865. The van der Waals surface area contributed by atoms with E-state index in [1.807, 2.05) is 0 Å². The molecule has 1 amide bonds. The average Bonchev–Trinajstić information content (AvgIpc) is 2.38. The number of hydrogen-bond acceptors (Lipinski definition) is 3. The van der Waals surface area contributed by atoms with Crippen LogP contribution >= 0.6 is 34.8 Å². The summed E-state index contributed by atoms with van der Waals surface area (Å²) in [6.45, 7) is 0. The Labute approximate surface area is 129 Å². The minimum Gasteiger partial charge on any atom is -0.306 e. The van der Waals surface area contributed by atoms with Crippen molar-refractivity contribution in [1.29, 1.82) is 0 Å². The number of benzene rings is 1. The summed E-state index contributed by atoms with van der Waals surface area (Å²) < 4.78 is 0. The predicted molar refractivity (Wildman–Crippen MR) is 78.8 cm³/mol. The third-order valence-corrected chi connectivity index (χ3v) is 3.18. The molecule has 2 aromatic rings. The molecule has 1 N–H and O–H groups in total. The Hall–Kier alpha value is -1.62. The number of anilines is 1. The van der Waals surface area contributed by atoms with E-state index in [2.05, 4.69) is 10.3 Å². The highest BCUT2D eigenvalue weighted by molar-refractivity contribution is 6.68. The number of hydrogen-bond donors (Lipinski definition) is 1. The van der Waals surface area contributed by atoms with Crippen molar-refractivity contribution in [2.24, 2.45) is 0 Å². The number of halogens is 3. The van der Waals surface area contributed by atoms with Crippen molar-refractivity contribution in [3.05, 3.63) is 57.7 Å². The van der Waals surface area contributed by atoms with Crippen LogP contribution in [0.1, 0.15) is 20.7 Å². The third-order valence-electron chi connectivity index (χ3n) is 2.43. The second-order valence-corrected chi connectivity index (χ2v) is 4.94. The molecule has 0 aliphatic carbocycles. The largest absolute Gasteiger partial charge is 0.306 e. The van der Waals surface area contributed by atoms with Crippen molar-refractivity contribution in [2.45, 2.75) is 0 Å². The molecular formula is C13H7Cl3N2O2. The lowest BCUT2D eigenvalue weighted by Gasteiger charge is -2.08. The number of carbonyl (C=O) groups excluding carboxylic acids is 2. The van der Waals surface area contributed by atoms with E-state index in [-0.39, 0.29) is 22.0 Å². The minimum absolute atomic E-state index is 0.0727. The summed E-state index contributed by atoms with van der Waals surface area (Å²) in [6.07, 6.45) is 1.43. The lowest BCUT2D eigenvalue weighted by Crippen LogP contribution is -2.15. The molecule has 0 saturated carbocycles. The second-order valence-electron chi connectivity index (χ2n) is 3.75. The number of carbonyl (C=O) groups is 2. The molecule has 0 saturated heterocycles. The van der Waals surface area contributed by atoms with Crippen LogP contribution in [0.2, 0.25) is 10.0 Å². The average molecular weight is 330 g/mol. The van der Waals surface area contributed by atoms with E-state index in [0.717, 1.165) is 0 Å². The van der Waals surface area contributed by atoms with Crippen LogP contribution in [0.25, 0.3) is 0 Å². The minimum atomic E-state index is -0.712. The fraction of sp³-hybridized carbons (Fsp3) is 0. The maximum atomic E-state index is 12.1. The van der Waals surface area contributed by atoms with Gasteiger partial charge < -0.3 is 5.32 Å². The molecule has 1 heterocycles. The summed E-state index contributed by atoms with van der Waals surface area (Å²) in [4.78, 5) is 27.2. The van der Waals surface area contributed by atoms with Crippen molar-refractivity contribution in [3.63, 3.8) is 0 Å². The van der Waals surface area contributed by atoms with E-state index < -0.39 is 11.1 Å². The summed E-state index contributed by atoms with van der Waals surface area (Å²) in [5.74, 6) is -0.437. The summed E-state index contributed by atoms with van der Waals surface area (Å²) in [7, 11) is 0. The zero-order valence-electron chi connectivity index (χ0n) is 9.86. The number of amides is 1. The molecule has 0 radical (unpaired) electrons. The van der Waals surface area contributed by atoms with E-state index in [0.29, 0.717) is 5.02 Å². The Balaban J connectivity index is 2.30. The molecule has 0 fully saturated rings.